The zero-order chi connectivity index (χ0) is 50.0. The summed E-state index contributed by atoms with van der Waals surface area (Å²) in [6.45, 7) is 6.60. The van der Waals surface area contributed by atoms with Gasteiger partial charge in [-0.2, -0.15) is 0 Å². The van der Waals surface area contributed by atoms with Crippen LogP contribution in [0.3, 0.4) is 0 Å². The Morgan fingerprint density at radius 1 is 0.290 bits per heavy atom. The summed E-state index contributed by atoms with van der Waals surface area (Å²) in [5, 5.41) is 0. The van der Waals surface area contributed by atoms with Crippen molar-refractivity contribution in [2.45, 2.75) is 309 Å². The summed E-state index contributed by atoms with van der Waals surface area (Å²) < 4.78 is 16.8. The van der Waals surface area contributed by atoms with Crippen molar-refractivity contribution in [1.29, 1.82) is 0 Å². The lowest BCUT2D eigenvalue weighted by Crippen LogP contribution is -2.30. The van der Waals surface area contributed by atoms with Crippen molar-refractivity contribution in [1.82, 2.24) is 0 Å². The molecule has 0 amide bonds. The maximum Gasteiger partial charge on any atom is 0.306 e. The molecule has 0 saturated carbocycles. The number of esters is 3. The van der Waals surface area contributed by atoms with Crippen molar-refractivity contribution < 1.29 is 28.6 Å². The number of allylic oxidation sites excluding steroid dienone is 10. The van der Waals surface area contributed by atoms with Crippen molar-refractivity contribution in [3.05, 3.63) is 60.8 Å². The Bertz CT molecular complexity index is 1250. The molecule has 1 atom stereocenters. The predicted octanol–water partition coefficient (Wildman–Crippen LogP) is 20.0. The van der Waals surface area contributed by atoms with Crippen LogP contribution in [0.4, 0.5) is 0 Å². The van der Waals surface area contributed by atoms with E-state index in [0.29, 0.717) is 19.3 Å². The maximum atomic E-state index is 12.8. The Hall–Kier alpha value is -2.89. The molecule has 0 aliphatic rings. The summed E-state index contributed by atoms with van der Waals surface area (Å²) in [6, 6.07) is 0. The van der Waals surface area contributed by atoms with Gasteiger partial charge >= 0.3 is 17.9 Å². The van der Waals surface area contributed by atoms with Crippen molar-refractivity contribution in [3.8, 4) is 0 Å². The monoisotopic (exact) mass is 965 g/mol. The summed E-state index contributed by atoms with van der Waals surface area (Å²) in [5.74, 6) is -0.948. The van der Waals surface area contributed by atoms with Gasteiger partial charge in [0.05, 0.1) is 0 Å². The van der Waals surface area contributed by atoms with Crippen LogP contribution in [0.5, 0.6) is 0 Å². The molecule has 0 rings (SSSR count). The standard InChI is InChI=1S/C63H112O6/c1-4-7-10-13-16-19-22-25-28-30-31-33-35-38-41-44-47-50-53-56-62(65)68-59-60(58-67-61(64)55-52-49-46-43-40-37-34-27-24-21-18-15-12-9-6-3)69-63(66)57-54-51-48-45-42-39-36-32-29-26-23-20-17-14-11-8-5-2/h25-29,34,36,39,45,48,60H,4-24,30-33,35,37-38,40-44,46-47,49-59H2,1-3H3/b28-25-,29-26-,34-27-,39-36-,48-45-/t60-/m0/s1. The van der Waals surface area contributed by atoms with Crippen LogP contribution in [-0.4, -0.2) is 37.2 Å². The van der Waals surface area contributed by atoms with E-state index in [-0.39, 0.29) is 37.5 Å². The summed E-state index contributed by atoms with van der Waals surface area (Å²) in [4.78, 5) is 38.2. The van der Waals surface area contributed by atoms with Crippen LogP contribution in [0, 0.1) is 0 Å². The molecule has 0 aromatic carbocycles. The number of rotatable bonds is 54. The molecule has 6 heteroatoms. The smallest absolute Gasteiger partial charge is 0.306 e. The lowest BCUT2D eigenvalue weighted by Gasteiger charge is -2.18. The van der Waals surface area contributed by atoms with Crippen molar-refractivity contribution in [2.24, 2.45) is 0 Å². The van der Waals surface area contributed by atoms with E-state index < -0.39 is 6.10 Å². The zero-order valence-electron chi connectivity index (χ0n) is 45.8. The second kappa shape index (κ2) is 57.7. The SMILES string of the molecule is CCCCCCCC/C=C\C/C=C\C/C=C\CCCC(=O)O[C@@H](COC(=O)CCCCCCC/C=C\CCCCCCCC)COC(=O)CCCCCCCCCCC/C=C\CCCCCCCC. The van der Waals surface area contributed by atoms with Gasteiger partial charge in [-0.25, -0.2) is 0 Å². The van der Waals surface area contributed by atoms with Crippen molar-refractivity contribution in [3.63, 3.8) is 0 Å². The molecular formula is C63H112O6. The molecule has 0 fully saturated rings. The summed E-state index contributed by atoms with van der Waals surface area (Å²) in [6.07, 6.45) is 72.2. The third-order valence-electron chi connectivity index (χ3n) is 13.0. The molecule has 6 nitrogen and oxygen atoms in total. The molecular weight excluding hydrogens is 853 g/mol. The second-order valence-electron chi connectivity index (χ2n) is 19.9. The van der Waals surface area contributed by atoms with Gasteiger partial charge in [-0.15, -0.1) is 0 Å². The molecule has 0 aromatic heterocycles. The number of hydrogen-bond donors (Lipinski definition) is 0. The molecule has 0 heterocycles. The first-order valence-electron chi connectivity index (χ1n) is 29.8. The van der Waals surface area contributed by atoms with Crippen molar-refractivity contribution in [2.75, 3.05) is 13.2 Å². The van der Waals surface area contributed by atoms with Gasteiger partial charge in [-0.3, -0.25) is 14.4 Å². The van der Waals surface area contributed by atoms with Gasteiger partial charge < -0.3 is 14.2 Å². The molecule has 69 heavy (non-hydrogen) atoms. The second-order valence-corrected chi connectivity index (χ2v) is 19.9. The minimum Gasteiger partial charge on any atom is -0.462 e. The van der Waals surface area contributed by atoms with E-state index >= 15 is 0 Å². The Morgan fingerprint density at radius 2 is 0.536 bits per heavy atom. The van der Waals surface area contributed by atoms with Crippen LogP contribution >= 0.6 is 0 Å². The average Bonchev–Trinajstić information content (AvgIpc) is 3.35. The van der Waals surface area contributed by atoms with E-state index in [9.17, 15) is 14.4 Å². The molecule has 0 bridgehead atoms. The summed E-state index contributed by atoms with van der Waals surface area (Å²) in [7, 11) is 0. The number of hydrogen-bond acceptors (Lipinski definition) is 6. The number of ether oxygens (including phenoxy) is 3. The van der Waals surface area contributed by atoms with E-state index in [1.165, 1.54) is 193 Å². The van der Waals surface area contributed by atoms with Gasteiger partial charge in [-0.1, -0.05) is 242 Å². The van der Waals surface area contributed by atoms with E-state index in [4.69, 9.17) is 14.2 Å². The highest BCUT2D eigenvalue weighted by molar-refractivity contribution is 5.71. The highest BCUT2D eigenvalue weighted by Crippen LogP contribution is 2.15. The quantitative estimate of drug-likeness (QED) is 0.0262. The van der Waals surface area contributed by atoms with E-state index in [2.05, 4.69) is 81.5 Å². The molecule has 0 radical (unpaired) electrons. The van der Waals surface area contributed by atoms with Crippen LogP contribution < -0.4 is 0 Å². The minimum absolute atomic E-state index is 0.0966. The molecule has 0 N–H and O–H groups in total. The number of carbonyl (C=O) groups excluding carboxylic acids is 3. The zero-order valence-corrected chi connectivity index (χ0v) is 45.8. The van der Waals surface area contributed by atoms with Crippen LogP contribution in [-0.2, 0) is 28.6 Å². The van der Waals surface area contributed by atoms with Crippen LogP contribution in [0.2, 0.25) is 0 Å². The van der Waals surface area contributed by atoms with Gasteiger partial charge in [0, 0.05) is 19.3 Å². The Balaban J connectivity index is 4.43. The average molecular weight is 966 g/mol. The first kappa shape index (κ1) is 66.1. The Morgan fingerprint density at radius 3 is 0.870 bits per heavy atom. The molecule has 0 unspecified atom stereocenters. The normalized spacial score (nSPS) is 12.4. The fourth-order valence-electron chi connectivity index (χ4n) is 8.45. The molecule has 0 aliphatic heterocycles. The topological polar surface area (TPSA) is 78.9 Å². The van der Waals surface area contributed by atoms with Gasteiger partial charge in [0.15, 0.2) is 6.10 Å². The maximum absolute atomic E-state index is 12.8. The van der Waals surface area contributed by atoms with Gasteiger partial charge in [0.2, 0.25) is 0 Å². The molecule has 0 aromatic rings. The minimum atomic E-state index is -0.804. The molecule has 0 aliphatic carbocycles. The number of carbonyl (C=O) groups is 3. The van der Waals surface area contributed by atoms with Gasteiger partial charge in [-0.05, 0) is 103 Å². The van der Waals surface area contributed by atoms with Gasteiger partial charge in [0.25, 0.3) is 0 Å². The number of unbranched alkanes of at least 4 members (excludes halogenated alkanes) is 33. The molecule has 400 valence electrons. The summed E-state index contributed by atoms with van der Waals surface area (Å²) in [5.41, 5.74) is 0. The molecule has 0 spiro atoms. The van der Waals surface area contributed by atoms with E-state index in [1.54, 1.807) is 0 Å². The largest absolute Gasteiger partial charge is 0.462 e. The molecule has 0 saturated heterocycles. The predicted molar refractivity (Wildman–Crippen MR) is 298 cm³/mol. The van der Waals surface area contributed by atoms with E-state index in [0.717, 1.165) is 64.2 Å². The first-order valence-corrected chi connectivity index (χ1v) is 29.8. The fourth-order valence-corrected chi connectivity index (χ4v) is 8.45. The lowest BCUT2D eigenvalue weighted by atomic mass is 10.1. The van der Waals surface area contributed by atoms with Crippen LogP contribution in [0.25, 0.3) is 0 Å². The van der Waals surface area contributed by atoms with E-state index in [1.807, 2.05) is 0 Å². The van der Waals surface area contributed by atoms with Crippen LogP contribution in [0.1, 0.15) is 303 Å². The Kier molecular flexibility index (Phi) is 55.3. The Labute approximate surface area is 428 Å². The first-order chi connectivity index (χ1) is 34.0. The van der Waals surface area contributed by atoms with Crippen molar-refractivity contribution >= 4 is 17.9 Å². The summed E-state index contributed by atoms with van der Waals surface area (Å²) >= 11 is 0. The highest BCUT2D eigenvalue weighted by Gasteiger charge is 2.19. The lowest BCUT2D eigenvalue weighted by molar-refractivity contribution is -0.167. The highest BCUT2D eigenvalue weighted by atomic mass is 16.6. The van der Waals surface area contributed by atoms with Gasteiger partial charge in [0.1, 0.15) is 13.2 Å². The third-order valence-corrected chi connectivity index (χ3v) is 13.0. The fraction of sp³-hybridized carbons (Fsp3) is 0.794. The van der Waals surface area contributed by atoms with Crippen LogP contribution in [0.15, 0.2) is 60.8 Å². The third kappa shape index (κ3) is 55.9.